The number of aliphatic imine (C=N–C) groups is 1. The number of benzene rings is 1. The molecule has 0 saturated carbocycles. The van der Waals surface area contributed by atoms with E-state index in [0.717, 1.165) is 24.5 Å². The number of amidine groups is 1. The van der Waals surface area contributed by atoms with Gasteiger partial charge in [-0.15, -0.1) is 0 Å². The number of fused-ring (bicyclic) bond motifs is 1. The van der Waals surface area contributed by atoms with Gasteiger partial charge in [-0.3, -0.25) is 10.4 Å². The smallest absolute Gasteiger partial charge is 0.117 e. The van der Waals surface area contributed by atoms with Crippen molar-refractivity contribution in [2.45, 2.75) is 26.7 Å². The monoisotopic (exact) mass is 298 g/mol. The van der Waals surface area contributed by atoms with Crippen molar-refractivity contribution in [2.24, 2.45) is 4.99 Å². The Hall–Kier alpha value is -2.23. The predicted molar refractivity (Wildman–Crippen MR) is 96.6 cm³/mol. The van der Waals surface area contributed by atoms with Crippen molar-refractivity contribution in [3.63, 3.8) is 0 Å². The van der Waals surface area contributed by atoms with Crippen LogP contribution in [-0.2, 0) is 6.42 Å². The Morgan fingerprint density at radius 3 is 2.95 bits per heavy atom. The molecule has 0 aliphatic carbocycles. The molecule has 0 radical (unpaired) electrons. The summed E-state index contributed by atoms with van der Waals surface area (Å²) in [4.78, 5) is 6.68. The molecule has 0 amide bonds. The SMILES string of the molecule is C/C=C\C=C\N=C(C)NN(C)c1ccc2c(c1)CCCN2C. The van der Waals surface area contributed by atoms with Crippen molar-refractivity contribution < 1.29 is 0 Å². The van der Waals surface area contributed by atoms with Gasteiger partial charge in [-0.25, -0.2) is 4.99 Å². The van der Waals surface area contributed by atoms with E-state index in [9.17, 15) is 0 Å². The molecule has 2 rings (SSSR count). The molecule has 1 heterocycles. The molecular weight excluding hydrogens is 272 g/mol. The molecule has 4 heteroatoms. The first-order chi connectivity index (χ1) is 10.6. The number of hydrogen-bond acceptors (Lipinski definition) is 3. The predicted octanol–water partition coefficient (Wildman–Crippen LogP) is 3.52. The normalized spacial score (nSPS) is 15.5. The molecule has 0 aromatic heterocycles. The Morgan fingerprint density at radius 1 is 1.36 bits per heavy atom. The van der Waals surface area contributed by atoms with Crippen LogP contribution in [0.15, 0.2) is 47.6 Å². The first-order valence-electron chi connectivity index (χ1n) is 7.78. The fourth-order valence-electron chi connectivity index (χ4n) is 2.63. The Morgan fingerprint density at radius 2 is 2.18 bits per heavy atom. The van der Waals surface area contributed by atoms with E-state index in [1.54, 1.807) is 6.20 Å². The first-order valence-corrected chi connectivity index (χ1v) is 7.78. The second kappa shape index (κ2) is 7.69. The summed E-state index contributed by atoms with van der Waals surface area (Å²) in [6.45, 7) is 5.09. The topological polar surface area (TPSA) is 30.9 Å². The largest absolute Gasteiger partial charge is 0.374 e. The summed E-state index contributed by atoms with van der Waals surface area (Å²) in [5.41, 5.74) is 7.21. The van der Waals surface area contributed by atoms with E-state index in [0.29, 0.717) is 0 Å². The van der Waals surface area contributed by atoms with Crippen molar-refractivity contribution >= 4 is 17.2 Å². The van der Waals surface area contributed by atoms with Gasteiger partial charge in [-0.2, -0.15) is 0 Å². The third-order valence-corrected chi connectivity index (χ3v) is 3.79. The second-order valence-electron chi connectivity index (χ2n) is 5.59. The molecule has 0 unspecified atom stereocenters. The lowest BCUT2D eigenvalue weighted by Gasteiger charge is -2.29. The Labute approximate surface area is 133 Å². The summed E-state index contributed by atoms with van der Waals surface area (Å²) in [5.74, 6) is 0.859. The highest BCUT2D eigenvalue weighted by molar-refractivity contribution is 5.81. The highest BCUT2D eigenvalue weighted by Gasteiger charge is 2.14. The maximum Gasteiger partial charge on any atom is 0.117 e. The Bertz CT molecular complexity index is 587. The average Bonchev–Trinajstić information content (AvgIpc) is 2.51. The minimum Gasteiger partial charge on any atom is -0.374 e. The van der Waals surface area contributed by atoms with Gasteiger partial charge in [0.25, 0.3) is 0 Å². The summed E-state index contributed by atoms with van der Waals surface area (Å²) < 4.78 is 0. The molecule has 4 nitrogen and oxygen atoms in total. The number of hydrogen-bond donors (Lipinski definition) is 1. The van der Waals surface area contributed by atoms with Gasteiger partial charge >= 0.3 is 0 Å². The lowest BCUT2D eigenvalue weighted by atomic mass is 10.0. The summed E-state index contributed by atoms with van der Waals surface area (Å²) in [7, 11) is 4.18. The van der Waals surface area contributed by atoms with Gasteiger partial charge in [0, 0.05) is 32.5 Å². The standard InChI is InChI=1S/C18H26N4/c1-5-6-7-12-19-15(2)20-22(4)17-10-11-18-16(14-17)9-8-13-21(18)3/h5-7,10-12,14H,8-9,13H2,1-4H3,(H,19,20)/b6-5-,12-7+. The highest BCUT2D eigenvalue weighted by atomic mass is 15.5. The van der Waals surface area contributed by atoms with Crippen molar-refractivity contribution in [1.82, 2.24) is 5.43 Å². The zero-order chi connectivity index (χ0) is 15.9. The van der Waals surface area contributed by atoms with Crippen LogP contribution in [0.25, 0.3) is 0 Å². The van der Waals surface area contributed by atoms with E-state index in [2.05, 4.69) is 40.6 Å². The van der Waals surface area contributed by atoms with Gasteiger partial charge < -0.3 is 4.90 Å². The average molecular weight is 298 g/mol. The van der Waals surface area contributed by atoms with Crippen LogP contribution in [0, 0.1) is 0 Å². The van der Waals surface area contributed by atoms with Crippen molar-refractivity contribution in [3.8, 4) is 0 Å². The summed E-state index contributed by atoms with van der Waals surface area (Å²) in [6, 6.07) is 6.62. The molecule has 0 fully saturated rings. The first kappa shape index (κ1) is 16.1. The van der Waals surface area contributed by atoms with E-state index in [1.165, 1.54) is 17.7 Å². The molecule has 0 atom stereocenters. The lowest BCUT2D eigenvalue weighted by Crippen LogP contribution is -2.38. The van der Waals surface area contributed by atoms with E-state index in [4.69, 9.17) is 0 Å². The number of hydrazine groups is 1. The van der Waals surface area contributed by atoms with Crippen LogP contribution >= 0.6 is 0 Å². The molecule has 0 spiro atoms. The minimum absolute atomic E-state index is 0.859. The molecule has 1 aromatic rings. The highest BCUT2D eigenvalue weighted by Crippen LogP contribution is 2.29. The third kappa shape index (κ3) is 4.13. The van der Waals surface area contributed by atoms with E-state index >= 15 is 0 Å². The maximum atomic E-state index is 4.35. The second-order valence-corrected chi connectivity index (χ2v) is 5.59. The number of rotatable bonds is 4. The summed E-state index contributed by atoms with van der Waals surface area (Å²) in [5, 5.41) is 2.01. The van der Waals surface area contributed by atoms with Crippen molar-refractivity contribution in [1.29, 1.82) is 0 Å². The van der Waals surface area contributed by atoms with Crippen molar-refractivity contribution in [3.05, 3.63) is 48.2 Å². The van der Waals surface area contributed by atoms with Gasteiger partial charge in [-0.1, -0.05) is 12.2 Å². The molecule has 0 saturated heterocycles. The number of nitrogens with one attached hydrogen (secondary N) is 1. The Balaban J connectivity index is 2.05. The molecule has 1 aliphatic heterocycles. The fourth-order valence-corrected chi connectivity index (χ4v) is 2.63. The number of nitrogens with zero attached hydrogens (tertiary/aromatic N) is 3. The van der Waals surface area contributed by atoms with Gasteiger partial charge in [-0.05, 0) is 56.5 Å². The number of allylic oxidation sites excluding steroid dienone is 3. The van der Waals surface area contributed by atoms with Gasteiger partial charge in [0.2, 0.25) is 0 Å². The molecule has 0 bridgehead atoms. The maximum absolute atomic E-state index is 4.35. The van der Waals surface area contributed by atoms with E-state index in [1.807, 2.05) is 44.1 Å². The quantitative estimate of drug-likeness (QED) is 0.399. The molecule has 118 valence electrons. The van der Waals surface area contributed by atoms with E-state index < -0.39 is 0 Å². The molecule has 1 aliphatic rings. The van der Waals surface area contributed by atoms with Crippen LogP contribution in [0.2, 0.25) is 0 Å². The number of aryl methyl sites for hydroxylation is 1. The zero-order valence-electron chi connectivity index (χ0n) is 14.0. The zero-order valence-corrected chi connectivity index (χ0v) is 14.0. The Kier molecular flexibility index (Phi) is 5.64. The lowest BCUT2D eigenvalue weighted by molar-refractivity contribution is 0.743. The third-order valence-electron chi connectivity index (χ3n) is 3.79. The van der Waals surface area contributed by atoms with Crippen LogP contribution in [0.4, 0.5) is 11.4 Å². The summed E-state index contributed by atoms with van der Waals surface area (Å²) >= 11 is 0. The number of anilines is 2. The van der Waals surface area contributed by atoms with Crippen LogP contribution in [0.5, 0.6) is 0 Å². The minimum atomic E-state index is 0.859. The van der Waals surface area contributed by atoms with Crippen LogP contribution in [0.3, 0.4) is 0 Å². The molecular formula is C18H26N4. The summed E-state index contributed by atoms with van der Waals surface area (Å²) in [6.07, 6.45) is 10.0. The van der Waals surface area contributed by atoms with Crippen LogP contribution in [-0.4, -0.2) is 26.5 Å². The van der Waals surface area contributed by atoms with E-state index in [-0.39, 0.29) is 0 Å². The molecule has 1 N–H and O–H groups in total. The van der Waals surface area contributed by atoms with Crippen molar-refractivity contribution in [2.75, 3.05) is 30.5 Å². The van der Waals surface area contributed by atoms with Gasteiger partial charge in [0.05, 0.1) is 5.69 Å². The van der Waals surface area contributed by atoms with Gasteiger partial charge in [0.1, 0.15) is 5.84 Å². The fraction of sp³-hybridized carbons (Fsp3) is 0.389. The van der Waals surface area contributed by atoms with Crippen LogP contribution in [0.1, 0.15) is 25.8 Å². The molecule has 1 aromatic carbocycles. The van der Waals surface area contributed by atoms with Crippen LogP contribution < -0.4 is 15.3 Å². The van der Waals surface area contributed by atoms with Gasteiger partial charge in [0.15, 0.2) is 0 Å². The molecule has 22 heavy (non-hydrogen) atoms.